The Kier molecular flexibility index (Phi) is 6.06. The van der Waals surface area contributed by atoms with E-state index in [0.29, 0.717) is 12.2 Å². The molecule has 3 aromatic heterocycles. The van der Waals surface area contributed by atoms with Crippen LogP contribution in [0.3, 0.4) is 0 Å². The fourth-order valence-electron chi connectivity index (χ4n) is 3.84. The molecule has 4 rings (SSSR count). The molecule has 1 aliphatic heterocycles. The van der Waals surface area contributed by atoms with Crippen molar-refractivity contribution in [2.45, 2.75) is 53.4 Å². The lowest BCUT2D eigenvalue weighted by atomic mass is 10.1. The molecule has 9 heteroatoms. The molecule has 2 atom stereocenters. The Morgan fingerprint density at radius 3 is 2.39 bits per heavy atom. The highest BCUT2D eigenvalue weighted by atomic mass is 32.1. The van der Waals surface area contributed by atoms with Crippen molar-refractivity contribution in [2.24, 2.45) is 0 Å². The summed E-state index contributed by atoms with van der Waals surface area (Å²) < 4.78 is 10.9. The summed E-state index contributed by atoms with van der Waals surface area (Å²) in [6.07, 6.45) is 0.277. The monoisotopic (exact) mass is 441 g/mol. The molecule has 0 saturated carbocycles. The van der Waals surface area contributed by atoms with Crippen LogP contribution in [-0.4, -0.2) is 46.3 Å². The third-order valence-corrected chi connectivity index (χ3v) is 6.20. The maximum absolute atomic E-state index is 12.5. The number of thiazole rings is 1. The van der Waals surface area contributed by atoms with Crippen LogP contribution in [0, 0.1) is 20.8 Å². The molecule has 3 aromatic rings. The predicted molar refractivity (Wildman–Crippen MR) is 119 cm³/mol. The van der Waals surface area contributed by atoms with Crippen LogP contribution < -0.4 is 10.2 Å². The molecule has 0 aromatic carbocycles. The third-order valence-electron chi connectivity index (χ3n) is 4.99. The van der Waals surface area contributed by atoms with Gasteiger partial charge in [-0.05, 0) is 52.3 Å². The van der Waals surface area contributed by atoms with Gasteiger partial charge in [-0.3, -0.25) is 9.78 Å². The van der Waals surface area contributed by atoms with Gasteiger partial charge in [0.05, 0.1) is 35.0 Å². The lowest BCUT2D eigenvalue weighted by molar-refractivity contribution is -0.00523. The highest BCUT2D eigenvalue weighted by Crippen LogP contribution is 2.36. The number of aryl methyl sites for hydroxylation is 3. The fourth-order valence-corrected chi connectivity index (χ4v) is 4.93. The van der Waals surface area contributed by atoms with Crippen LogP contribution >= 0.6 is 11.3 Å². The number of rotatable bonds is 5. The first-order valence-corrected chi connectivity index (χ1v) is 11.2. The molecule has 1 aliphatic rings. The lowest BCUT2D eigenvalue weighted by Crippen LogP contribution is -2.45. The minimum absolute atomic E-state index is 0.138. The van der Waals surface area contributed by atoms with E-state index in [0.717, 1.165) is 45.7 Å². The van der Waals surface area contributed by atoms with Crippen molar-refractivity contribution in [1.82, 2.24) is 20.4 Å². The summed E-state index contributed by atoms with van der Waals surface area (Å²) in [5.74, 6) is -0.113. The molecule has 0 spiro atoms. The molecule has 1 fully saturated rings. The topological polar surface area (TPSA) is 93.4 Å². The van der Waals surface area contributed by atoms with Gasteiger partial charge in [-0.1, -0.05) is 16.5 Å². The number of ether oxygens (including phenoxy) is 1. The molecular formula is C22H27N5O3S. The van der Waals surface area contributed by atoms with Crippen LogP contribution in [0.5, 0.6) is 0 Å². The van der Waals surface area contributed by atoms with E-state index in [1.165, 1.54) is 0 Å². The number of pyridine rings is 1. The smallest absolute Gasteiger partial charge is 0.290 e. The Hall–Kier alpha value is -2.78. The number of aromatic nitrogens is 3. The standard InChI is InChI=1S/C22H27N5O3S/c1-12-6-17(7-13(2)24-12)20-18(9-23-21(28)19-8-14(3)26-30-19)25-22(31-20)27-10-15(4)29-16(5)11-27/h6-8,15-16H,9-11H2,1-5H3,(H,23,28)/t15-,16+. The molecule has 0 radical (unpaired) electrons. The predicted octanol–water partition coefficient (Wildman–Crippen LogP) is 3.66. The van der Waals surface area contributed by atoms with Gasteiger partial charge in [-0.25, -0.2) is 4.98 Å². The SMILES string of the molecule is Cc1cc(C(=O)NCc2nc(N3C[C@@H](C)O[C@@H](C)C3)sc2-c2cc(C)nc(C)c2)on1. The molecule has 1 N–H and O–H groups in total. The molecule has 0 unspecified atom stereocenters. The number of amides is 1. The Labute approximate surface area is 185 Å². The lowest BCUT2D eigenvalue weighted by Gasteiger charge is -2.35. The van der Waals surface area contributed by atoms with Crippen LogP contribution in [0.15, 0.2) is 22.7 Å². The van der Waals surface area contributed by atoms with Gasteiger partial charge >= 0.3 is 0 Å². The Bertz CT molecular complexity index is 1060. The van der Waals surface area contributed by atoms with Crippen molar-refractivity contribution in [2.75, 3.05) is 18.0 Å². The van der Waals surface area contributed by atoms with Crippen LogP contribution in [0.1, 0.15) is 47.2 Å². The fraction of sp³-hybridized carbons (Fsp3) is 0.455. The first-order valence-electron chi connectivity index (χ1n) is 10.4. The molecule has 0 aliphatic carbocycles. The summed E-state index contributed by atoms with van der Waals surface area (Å²) in [5.41, 5.74) is 4.45. The van der Waals surface area contributed by atoms with E-state index in [-0.39, 0.29) is 23.9 Å². The highest BCUT2D eigenvalue weighted by Gasteiger charge is 2.26. The number of carbonyl (C=O) groups excluding carboxylic acids is 1. The van der Waals surface area contributed by atoms with E-state index >= 15 is 0 Å². The molecule has 164 valence electrons. The third kappa shape index (κ3) is 4.94. The number of hydrogen-bond donors (Lipinski definition) is 1. The van der Waals surface area contributed by atoms with Crippen LogP contribution in [0.2, 0.25) is 0 Å². The van der Waals surface area contributed by atoms with Crippen molar-refractivity contribution in [1.29, 1.82) is 0 Å². The van der Waals surface area contributed by atoms with Crippen molar-refractivity contribution in [3.05, 3.63) is 46.7 Å². The van der Waals surface area contributed by atoms with Gasteiger partial charge in [0, 0.05) is 30.5 Å². The van der Waals surface area contributed by atoms with Crippen LogP contribution in [0.4, 0.5) is 5.13 Å². The van der Waals surface area contributed by atoms with E-state index in [1.54, 1.807) is 24.3 Å². The maximum Gasteiger partial charge on any atom is 0.290 e. The minimum Gasteiger partial charge on any atom is -0.372 e. The normalized spacial score (nSPS) is 18.9. The second kappa shape index (κ2) is 8.76. The average molecular weight is 442 g/mol. The average Bonchev–Trinajstić information content (AvgIpc) is 3.31. The van der Waals surface area contributed by atoms with Gasteiger partial charge in [-0.2, -0.15) is 0 Å². The van der Waals surface area contributed by atoms with Crippen LogP contribution in [0.25, 0.3) is 10.4 Å². The van der Waals surface area contributed by atoms with Gasteiger partial charge in [0.1, 0.15) is 0 Å². The van der Waals surface area contributed by atoms with E-state index < -0.39 is 0 Å². The van der Waals surface area contributed by atoms with Gasteiger partial charge in [0.25, 0.3) is 5.91 Å². The first-order chi connectivity index (χ1) is 14.8. The second-order valence-corrected chi connectivity index (χ2v) is 9.07. The molecule has 1 amide bonds. The van der Waals surface area contributed by atoms with E-state index in [9.17, 15) is 4.79 Å². The number of hydrogen-bond acceptors (Lipinski definition) is 8. The van der Waals surface area contributed by atoms with Crippen molar-refractivity contribution in [3.8, 4) is 10.4 Å². The second-order valence-electron chi connectivity index (χ2n) is 8.09. The number of anilines is 1. The largest absolute Gasteiger partial charge is 0.372 e. The summed E-state index contributed by atoms with van der Waals surface area (Å²) in [7, 11) is 0. The zero-order chi connectivity index (χ0) is 22.1. The Balaban J connectivity index is 1.64. The van der Waals surface area contributed by atoms with E-state index in [1.807, 2.05) is 13.8 Å². The molecule has 0 bridgehead atoms. The van der Waals surface area contributed by atoms with Crippen LogP contribution in [-0.2, 0) is 11.3 Å². The highest BCUT2D eigenvalue weighted by molar-refractivity contribution is 7.19. The number of nitrogens with zero attached hydrogens (tertiary/aromatic N) is 4. The molecular weight excluding hydrogens is 414 g/mol. The van der Waals surface area contributed by atoms with Gasteiger partial charge in [-0.15, -0.1) is 0 Å². The number of carbonyl (C=O) groups is 1. The summed E-state index contributed by atoms with van der Waals surface area (Å²) in [6.45, 7) is 11.8. The Morgan fingerprint density at radius 1 is 1.10 bits per heavy atom. The summed E-state index contributed by atoms with van der Waals surface area (Å²) in [6, 6.07) is 5.73. The van der Waals surface area contributed by atoms with E-state index in [2.05, 4.69) is 46.3 Å². The van der Waals surface area contributed by atoms with Crippen molar-refractivity contribution in [3.63, 3.8) is 0 Å². The van der Waals surface area contributed by atoms with E-state index in [4.69, 9.17) is 14.2 Å². The van der Waals surface area contributed by atoms with Gasteiger partial charge in [0.2, 0.25) is 5.76 Å². The minimum atomic E-state index is -0.309. The van der Waals surface area contributed by atoms with Gasteiger partial charge < -0.3 is 19.5 Å². The summed E-state index contributed by atoms with van der Waals surface area (Å²) in [4.78, 5) is 25.2. The van der Waals surface area contributed by atoms with Crippen molar-refractivity contribution < 1.29 is 14.1 Å². The summed E-state index contributed by atoms with van der Waals surface area (Å²) in [5, 5.41) is 7.63. The molecule has 8 nitrogen and oxygen atoms in total. The van der Waals surface area contributed by atoms with Crippen molar-refractivity contribution >= 4 is 22.4 Å². The maximum atomic E-state index is 12.5. The zero-order valence-corrected chi connectivity index (χ0v) is 19.2. The molecule has 1 saturated heterocycles. The zero-order valence-electron chi connectivity index (χ0n) is 18.4. The molecule has 31 heavy (non-hydrogen) atoms. The molecule has 4 heterocycles. The first kappa shape index (κ1) is 21.5. The summed E-state index contributed by atoms with van der Waals surface area (Å²) >= 11 is 1.64. The number of nitrogens with one attached hydrogen (secondary N) is 1. The van der Waals surface area contributed by atoms with Gasteiger partial charge in [0.15, 0.2) is 5.13 Å². The number of morpholine rings is 1. The quantitative estimate of drug-likeness (QED) is 0.646. The Morgan fingerprint density at radius 2 is 1.77 bits per heavy atom.